The molecule has 92 valence electrons. The number of nitrogens with zero attached hydrogens (tertiary/aromatic N) is 1. The molecule has 0 spiro atoms. The fourth-order valence-corrected chi connectivity index (χ4v) is 1.83. The molecule has 1 heterocycles. The van der Waals surface area contributed by atoms with Crippen LogP contribution < -0.4 is 10.2 Å². The summed E-state index contributed by atoms with van der Waals surface area (Å²) in [6.07, 6.45) is 0. The molecule has 0 unspecified atom stereocenters. The molecule has 0 saturated carbocycles. The van der Waals surface area contributed by atoms with Crippen LogP contribution in [0.1, 0.15) is 0 Å². The monoisotopic (exact) mass is 284 g/mol. The number of rotatable bonds is 1. The summed E-state index contributed by atoms with van der Waals surface area (Å²) in [7, 11) is 0. The highest BCUT2D eigenvalue weighted by Crippen LogP contribution is 2.33. The van der Waals surface area contributed by atoms with Crippen LogP contribution >= 0.6 is 36.4 Å². The maximum atomic E-state index is 9.76. The maximum Gasteiger partial charge on any atom is 0.157 e. The van der Waals surface area contributed by atoms with E-state index in [0.717, 1.165) is 31.9 Å². The molecule has 0 aliphatic carbocycles. The first-order valence-corrected chi connectivity index (χ1v) is 5.10. The Morgan fingerprint density at radius 3 is 2.44 bits per heavy atom. The molecule has 1 aromatic carbocycles. The lowest BCUT2D eigenvalue weighted by atomic mass is 10.2. The van der Waals surface area contributed by atoms with Crippen LogP contribution in [-0.4, -0.2) is 31.3 Å². The topological polar surface area (TPSA) is 35.5 Å². The average Bonchev–Trinajstić information content (AvgIpc) is 2.23. The summed E-state index contributed by atoms with van der Waals surface area (Å²) in [5.41, 5.74) is 0.832. The van der Waals surface area contributed by atoms with Crippen molar-refractivity contribution in [3.63, 3.8) is 0 Å². The van der Waals surface area contributed by atoms with Crippen molar-refractivity contribution in [3.8, 4) is 5.75 Å². The number of anilines is 1. The molecule has 0 bridgehead atoms. The Bertz CT molecular complexity index is 330. The maximum absolute atomic E-state index is 9.76. The van der Waals surface area contributed by atoms with E-state index in [-0.39, 0.29) is 30.6 Å². The quantitative estimate of drug-likeness (QED) is 0.831. The van der Waals surface area contributed by atoms with E-state index in [0.29, 0.717) is 5.02 Å². The summed E-state index contributed by atoms with van der Waals surface area (Å²) < 4.78 is 0. The Morgan fingerprint density at radius 2 is 1.81 bits per heavy atom. The van der Waals surface area contributed by atoms with Gasteiger partial charge in [-0.1, -0.05) is 17.7 Å². The summed E-state index contributed by atoms with van der Waals surface area (Å²) >= 11 is 5.84. The highest BCUT2D eigenvalue weighted by molar-refractivity contribution is 6.32. The number of para-hydroxylation sites is 1. The summed E-state index contributed by atoms with van der Waals surface area (Å²) in [4.78, 5) is 2.14. The van der Waals surface area contributed by atoms with Gasteiger partial charge in [0.25, 0.3) is 0 Å². The zero-order valence-corrected chi connectivity index (χ0v) is 11.0. The number of hydrogen-bond donors (Lipinski definition) is 2. The van der Waals surface area contributed by atoms with Crippen molar-refractivity contribution in [2.45, 2.75) is 0 Å². The van der Waals surface area contributed by atoms with Gasteiger partial charge in [0.15, 0.2) is 5.75 Å². The Morgan fingerprint density at radius 1 is 1.19 bits per heavy atom. The Labute approximate surface area is 113 Å². The second-order valence-electron chi connectivity index (χ2n) is 3.34. The second kappa shape index (κ2) is 7.07. The number of piperazine rings is 1. The third-order valence-corrected chi connectivity index (χ3v) is 2.73. The van der Waals surface area contributed by atoms with Gasteiger partial charge in [-0.15, -0.1) is 24.8 Å². The van der Waals surface area contributed by atoms with Gasteiger partial charge in [0.1, 0.15) is 0 Å². The molecule has 2 N–H and O–H groups in total. The number of halogens is 3. The van der Waals surface area contributed by atoms with Crippen LogP contribution in [-0.2, 0) is 0 Å². The van der Waals surface area contributed by atoms with Gasteiger partial charge in [0.2, 0.25) is 0 Å². The van der Waals surface area contributed by atoms with Crippen molar-refractivity contribution in [2.24, 2.45) is 0 Å². The molecule has 0 amide bonds. The van der Waals surface area contributed by atoms with Gasteiger partial charge in [-0.05, 0) is 12.1 Å². The largest absolute Gasteiger partial charge is 0.504 e. The predicted molar refractivity (Wildman–Crippen MR) is 72.7 cm³/mol. The van der Waals surface area contributed by atoms with Gasteiger partial charge in [0, 0.05) is 26.2 Å². The molecule has 0 radical (unpaired) electrons. The molecule has 16 heavy (non-hydrogen) atoms. The third-order valence-electron chi connectivity index (χ3n) is 2.42. The van der Waals surface area contributed by atoms with Crippen molar-refractivity contribution < 1.29 is 5.11 Å². The van der Waals surface area contributed by atoms with E-state index < -0.39 is 0 Å². The minimum Gasteiger partial charge on any atom is -0.504 e. The number of nitrogens with one attached hydrogen (secondary N) is 1. The van der Waals surface area contributed by atoms with Gasteiger partial charge in [-0.25, -0.2) is 0 Å². The van der Waals surface area contributed by atoms with Crippen LogP contribution in [0.15, 0.2) is 18.2 Å². The highest BCUT2D eigenvalue weighted by Gasteiger charge is 2.14. The van der Waals surface area contributed by atoms with E-state index in [1.807, 2.05) is 12.1 Å². The van der Waals surface area contributed by atoms with Crippen LogP contribution in [0.3, 0.4) is 0 Å². The lowest BCUT2D eigenvalue weighted by Gasteiger charge is -2.30. The molecule has 0 atom stereocenters. The van der Waals surface area contributed by atoms with Gasteiger partial charge < -0.3 is 15.3 Å². The first-order chi connectivity index (χ1) is 6.79. The fourth-order valence-electron chi connectivity index (χ4n) is 1.66. The zero-order chi connectivity index (χ0) is 9.97. The lowest BCUT2D eigenvalue weighted by Crippen LogP contribution is -2.43. The second-order valence-corrected chi connectivity index (χ2v) is 3.75. The number of hydrogen-bond acceptors (Lipinski definition) is 3. The van der Waals surface area contributed by atoms with E-state index >= 15 is 0 Å². The molecule has 1 fully saturated rings. The molecule has 6 heteroatoms. The molecule has 1 aromatic rings. The van der Waals surface area contributed by atoms with Crippen LogP contribution in [0.5, 0.6) is 5.75 Å². The Hall–Kier alpha value is -0.350. The van der Waals surface area contributed by atoms with Crippen molar-refractivity contribution in [1.29, 1.82) is 0 Å². The summed E-state index contributed by atoms with van der Waals surface area (Å²) in [6.45, 7) is 3.72. The minimum atomic E-state index is 0. The number of phenols is 1. The van der Waals surface area contributed by atoms with Crippen molar-refractivity contribution >= 4 is 42.1 Å². The normalized spacial score (nSPS) is 14.9. The van der Waals surface area contributed by atoms with Crippen LogP contribution in [0.2, 0.25) is 5.02 Å². The van der Waals surface area contributed by atoms with Gasteiger partial charge in [0.05, 0.1) is 10.7 Å². The van der Waals surface area contributed by atoms with Crippen molar-refractivity contribution in [1.82, 2.24) is 5.32 Å². The van der Waals surface area contributed by atoms with E-state index in [9.17, 15) is 5.11 Å². The van der Waals surface area contributed by atoms with Crippen LogP contribution in [0.4, 0.5) is 5.69 Å². The number of benzene rings is 1. The molecular weight excluding hydrogens is 270 g/mol. The molecule has 0 aromatic heterocycles. The molecular formula is C10H15Cl3N2O. The third kappa shape index (κ3) is 3.32. The SMILES string of the molecule is Cl.Cl.Oc1c(Cl)cccc1N1CCNCC1. The number of phenolic OH excluding ortho intramolecular Hbond substituents is 1. The fraction of sp³-hybridized carbons (Fsp3) is 0.400. The van der Waals surface area contributed by atoms with E-state index in [1.54, 1.807) is 6.07 Å². The molecule has 1 aliphatic rings. The summed E-state index contributed by atoms with van der Waals surface area (Å²) in [5.74, 6) is 0.191. The Kier molecular flexibility index (Phi) is 6.91. The van der Waals surface area contributed by atoms with E-state index in [2.05, 4.69) is 10.2 Å². The van der Waals surface area contributed by atoms with Gasteiger partial charge in [-0.2, -0.15) is 0 Å². The Balaban J connectivity index is 0.00000112. The minimum absolute atomic E-state index is 0. The first-order valence-electron chi connectivity index (χ1n) is 4.72. The van der Waals surface area contributed by atoms with Crippen molar-refractivity contribution in [2.75, 3.05) is 31.1 Å². The molecule has 2 rings (SSSR count). The first kappa shape index (κ1) is 15.7. The number of aromatic hydroxyl groups is 1. The highest BCUT2D eigenvalue weighted by atomic mass is 35.5. The summed E-state index contributed by atoms with van der Waals surface area (Å²) in [6, 6.07) is 5.45. The smallest absolute Gasteiger partial charge is 0.157 e. The lowest BCUT2D eigenvalue weighted by molar-refractivity contribution is 0.471. The summed E-state index contributed by atoms with van der Waals surface area (Å²) in [5, 5.41) is 13.4. The molecule has 1 saturated heterocycles. The van der Waals surface area contributed by atoms with Crippen LogP contribution in [0, 0.1) is 0 Å². The van der Waals surface area contributed by atoms with E-state index in [4.69, 9.17) is 11.6 Å². The van der Waals surface area contributed by atoms with Crippen molar-refractivity contribution in [3.05, 3.63) is 23.2 Å². The van der Waals surface area contributed by atoms with E-state index in [1.165, 1.54) is 0 Å². The molecule has 1 aliphatic heterocycles. The van der Waals surface area contributed by atoms with Gasteiger partial charge in [-0.3, -0.25) is 0 Å². The standard InChI is InChI=1S/C10H13ClN2O.2ClH/c11-8-2-1-3-9(10(8)14)13-6-4-12-5-7-13;;/h1-3,12,14H,4-7H2;2*1H. The average molecular weight is 286 g/mol. The zero-order valence-electron chi connectivity index (χ0n) is 8.65. The van der Waals surface area contributed by atoms with Gasteiger partial charge >= 0.3 is 0 Å². The van der Waals surface area contributed by atoms with Crippen LogP contribution in [0.25, 0.3) is 0 Å². The predicted octanol–water partition coefficient (Wildman–Crippen LogP) is 2.30. The molecule has 3 nitrogen and oxygen atoms in total.